The minimum atomic E-state index is -4.74. The number of amides is 1. The van der Waals surface area contributed by atoms with E-state index in [9.17, 15) is 27.6 Å². The molecular weight excluding hydrogens is 506 g/mol. The third-order valence-electron chi connectivity index (χ3n) is 6.08. The molecule has 1 aliphatic rings. The Morgan fingerprint density at radius 2 is 2.03 bits per heavy atom. The Balaban J connectivity index is 1.81. The molecule has 1 atom stereocenters. The van der Waals surface area contributed by atoms with E-state index in [1.807, 2.05) is 19.0 Å². The van der Waals surface area contributed by atoms with Crippen molar-refractivity contribution < 1.29 is 22.4 Å². The van der Waals surface area contributed by atoms with Gasteiger partial charge in [0.1, 0.15) is 17.6 Å². The standard InChI is InChI=1S/C26H25F4N5OS/c1-33(2)10-5-8-24(36)34-14-21(20-12-17(13-31)37-23(20)16-34)18-6-3-4-7-19(18)22-15-35(11-9-27)32-25(22)26(28,29)30/h3-8,12,15,21H,9-11,14,16H2,1-2H3/b8-5+/t21-/m0/s1. The zero-order valence-corrected chi connectivity index (χ0v) is 21.1. The summed E-state index contributed by atoms with van der Waals surface area (Å²) in [5, 5.41) is 13.1. The Labute approximate surface area is 216 Å². The number of likely N-dealkylation sites (N-methyl/N-ethyl adjacent to an activating group) is 1. The molecule has 37 heavy (non-hydrogen) atoms. The second kappa shape index (κ2) is 10.9. The van der Waals surface area contributed by atoms with Crippen molar-refractivity contribution in [2.24, 2.45) is 0 Å². The minimum absolute atomic E-state index is 0.150. The lowest BCUT2D eigenvalue weighted by molar-refractivity contribution is -0.141. The SMILES string of the molecule is CN(C)C/C=C/C(=O)N1Cc2sc(C#N)cc2[C@H](c2ccccc2-c2cn(CCF)nc2C(F)(F)F)C1. The molecule has 6 nitrogen and oxygen atoms in total. The third kappa shape index (κ3) is 5.76. The maximum atomic E-state index is 13.9. The molecule has 0 aliphatic carbocycles. The maximum Gasteiger partial charge on any atom is 0.435 e. The molecule has 4 rings (SSSR count). The summed E-state index contributed by atoms with van der Waals surface area (Å²) in [7, 11) is 3.77. The fraction of sp³-hybridized carbons (Fsp3) is 0.346. The van der Waals surface area contributed by atoms with Gasteiger partial charge in [0.25, 0.3) is 0 Å². The first-order valence-corrected chi connectivity index (χ1v) is 12.4. The number of rotatable bonds is 7. The highest BCUT2D eigenvalue weighted by Crippen LogP contribution is 2.44. The number of nitrogens with zero attached hydrogens (tertiary/aromatic N) is 5. The molecule has 1 aliphatic heterocycles. The number of benzene rings is 1. The molecule has 0 saturated carbocycles. The molecule has 3 aromatic rings. The quantitative estimate of drug-likeness (QED) is 0.316. The van der Waals surface area contributed by atoms with E-state index in [-0.39, 0.29) is 24.6 Å². The Morgan fingerprint density at radius 3 is 2.70 bits per heavy atom. The van der Waals surface area contributed by atoms with E-state index >= 15 is 0 Å². The van der Waals surface area contributed by atoms with Crippen molar-refractivity contribution in [3.8, 4) is 17.2 Å². The molecule has 1 amide bonds. The molecule has 194 valence electrons. The van der Waals surface area contributed by atoms with Crippen molar-refractivity contribution in [2.45, 2.75) is 25.2 Å². The molecule has 0 radical (unpaired) electrons. The largest absolute Gasteiger partial charge is 0.435 e. The highest BCUT2D eigenvalue weighted by Gasteiger charge is 2.39. The van der Waals surface area contributed by atoms with Gasteiger partial charge in [-0.1, -0.05) is 30.3 Å². The average molecular weight is 532 g/mol. The molecular formula is C26H25F4N5OS. The summed E-state index contributed by atoms with van der Waals surface area (Å²) in [4.78, 5) is 17.9. The van der Waals surface area contributed by atoms with E-state index in [1.54, 1.807) is 41.3 Å². The molecule has 3 heterocycles. The second-order valence-corrected chi connectivity index (χ2v) is 10.1. The summed E-state index contributed by atoms with van der Waals surface area (Å²) < 4.78 is 55.7. The lowest BCUT2D eigenvalue weighted by Crippen LogP contribution is -2.37. The van der Waals surface area contributed by atoms with Gasteiger partial charge >= 0.3 is 6.18 Å². The number of hydrogen-bond acceptors (Lipinski definition) is 5. The molecule has 0 bridgehead atoms. The van der Waals surface area contributed by atoms with Crippen LogP contribution in [0.25, 0.3) is 11.1 Å². The van der Waals surface area contributed by atoms with Gasteiger partial charge in [-0.2, -0.15) is 23.5 Å². The molecule has 11 heteroatoms. The third-order valence-corrected chi connectivity index (χ3v) is 7.12. The first kappa shape index (κ1) is 26.6. The summed E-state index contributed by atoms with van der Waals surface area (Å²) >= 11 is 1.28. The van der Waals surface area contributed by atoms with Gasteiger partial charge in [-0.15, -0.1) is 11.3 Å². The number of alkyl halides is 4. The Hall–Kier alpha value is -3.49. The van der Waals surface area contributed by atoms with Crippen LogP contribution >= 0.6 is 11.3 Å². The number of aromatic nitrogens is 2. The number of fused-ring (bicyclic) bond motifs is 1. The van der Waals surface area contributed by atoms with E-state index in [0.717, 1.165) is 15.1 Å². The first-order valence-electron chi connectivity index (χ1n) is 11.5. The van der Waals surface area contributed by atoms with E-state index in [0.29, 0.717) is 29.1 Å². The summed E-state index contributed by atoms with van der Waals surface area (Å²) in [5.74, 6) is -0.677. The molecule has 0 N–H and O–H groups in total. The molecule has 0 spiro atoms. The van der Waals surface area contributed by atoms with Crippen LogP contribution in [0.4, 0.5) is 17.6 Å². The summed E-state index contributed by atoms with van der Waals surface area (Å²) in [6, 6.07) is 10.6. The number of aryl methyl sites for hydroxylation is 1. The van der Waals surface area contributed by atoms with Crippen LogP contribution < -0.4 is 0 Å². The van der Waals surface area contributed by atoms with Gasteiger partial charge in [-0.25, -0.2) is 4.39 Å². The normalized spacial score (nSPS) is 15.8. The topological polar surface area (TPSA) is 65.2 Å². The van der Waals surface area contributed by atoms with Crippen molar-refractivity contribution in [1.29, 1.82) is 5.26 Å². The van der Waals surface area contributed by atoms with E-state index in [4.69, 9.17) is 0 Å². The highest BCUT2D eigenvalue weighted by atomic mass is 32.1. The van der Waals surface area contributed by atoms with Crippen molar-refractivity contribution >= 4 is 17.2 Å². The van der Waals surface area contributed by atoms with E-state index < -0.39 is 24.5 Å². The molecule has 0 fully saturated rings. The van der Waals surface area contributed by atoms with Gasteiger partial charge in [0.15, 0.2) is 5.69 Å². The van der Waals surface area contributed by atoms with Gasteiger partial charge in [0.05, 0.1) is 13.1 Å². The van der Waals surface area contributed by atoms with Crippen LogP contribution in [0.2, 0.25) is 0 Å². The number of thiophene rings is 1. The second-order valence-electron chi connectivity index (χ2n) is 8.97. The number of nitriles is 1. The van der Waals surface area contributed by atoms with Crippen LogP contribution in [-0.2, 0) is 24.1 Å². The molecule has 2 aromatic heterocycles. The van der Waals surface area contributed by atoms with Crippen molar-refractivity contribution in [2.75, 3.05) is 33.9 Å². The Morgan fingerprint density at radius 1 is 1.27 bits per heavy atom. The highest BCUT2D eigenvalue weighted by molar-refractivity contribution is 7.12. The van der Waals surface area contributed by atoms with Crippen LogP contribution in [0.1, 0.15) is 32.5 Å². The van der Waals surface area contributed by atoms with Gasteiger partial charge < -0.3 is 9.80 Å². The Bertz CT molecular complexity index is 1350. The smallest absolute Gasteiger partial charge is 0.333 e. The fourth-order valence-corrected chi connectivity index (χ4v) is 5.49. The van der Waals surface area contributed by atoms with Crippen molar-refractivity contribution in [1.82, 2.24) is 19.6 Å². The molecule has 0 unspecified atom stereocenters. The van der Waals surface area contributed by atoms with Crippen LogP contribution in [0.3, 0.4) is 0 Å². The van der Waals surface area contributed by atoms with Crippen LogP contribution in [0, 0.1) is 11.3 Å². The van der Waals surface area contributed by atoms with Gasteiger partial charge in [-0.3, -0.25) is 9.48 Å². The maximum absolute atomic E-state index is 13.9. The van der Waals surface area contributed by atoms with Crippen LogP contribution in [-0.4, -0.2) is 59.3 Å². The Kier molecular flexibility index (Phi) is 7.80. The lowest BCUT2D eigenvalue weighted by Gasteiger charge is -2.33. The summed E-state index contributed by atoms with van der Waals surface area (Å²) in [6.07, 6.45) is -0.274. The number of carbonyl (C=O) groups is 1. The van der Waals surface area contributed by atoms with Gasteiger partial charge in [0, 0.05) is 41.7 Å². The van der Waals surface area contributed by atoms with Gasteiger partial charge in [0.2, 0.25) is 5.91 Å². The number of hydrogen-bond donors (Lipinski definition) is 0. The zero-order valence-electron chi connectivity index (χ0n) is 20.3. The zero-order chi connectivity index (χ0) is 26.7. The minimum Gasteiger partial charge on any atom is -0.333 e. The van der Waals surface area contributed by atoms with Crippen molar-refractivity contribution in [3.05, 3.63) is 75.3 Å². The predicted octanol–water partition coefficient (Wildman–Crippen LogP) is 5.06. The van der Waals surface area contributed by atoms with E-state index in [1.165, 1.54) is 23.6 Å². The lowest BCUT2D eigenvalue weighted by atomic mass is 9.83. The van der Waals surface area contributed by atoms with Crippen LogP contribution in [0.15, 0.2) is 48.7 Å². The van der Waals surface area contributed by atoms with Crippen LogP contribution in [0.5, 0.6) is 0 Å². The molecule has 0 saturated heterocycles. The average Bonchev–Trinajstić information content (AvgIpc) is 3.47. The first-order chi connectivity index (χ1) is 17.6. The van der Waals surface area contributed by atoms with E-state index in [2.05, 4.69) is 11.2 Å². The monoisotopic (exact) mass is 531 g/mol. The summed E-state index contributed by atoms with van der Waals surface area (Å²) in [5.41, 5.74) is 0.458. The van der Waals surface area contributed by atoms with Gasteiger partial charge in [-0.05, 0) is 36.9 Å². The number of halogens is 4. The molecule has 1 aromatic carbocycles. The fourth-order valence-electron chi connectivity index (χ4n) is 4.45. The number of carbonyl (C=O) groups excluding carboxylic acids is 1. The van der Waals surface area contributed by atoms with Crippen molar-refractivity contribution in [3.63, 3.8) is 0 Å². The predicted molar refractivity (Wildman–Crippen MR) is 133 cm³/mol. The summed E-state index contributed by atoms with van der Waals surface area (Å²) in [6.45, 7) is -0.0189.